The molecule has 1 atom stereocenters. The summed E-state index contributed by atoms with van der Waals surface area (Å²) in [6, 6.07) is 5.48. The second-order valence-electron chi connectivity index (χ2n) is 5.20. The molecular weight excluding hydrogens is 242 g/mol. The second kappa shape index (κ2) is 5.91. The second-order valence-corrected chi connectivity index (χ2v) is 5.20. The lowest BCUT2D eigenvalue weighted by Crippen LogP contribution is -2.19. The molecule has 19 heavy (non-hydrogen) atoms. The molecule has 1 saturated carbocycles. The van der Waals surface area contributed by atoms with E-state index in [0.717, 1.165) is 30.1 Å². The van der Waals surface area contributed by atoms with E-state index in [1.807, 2.05) is 6.07 Å². The fourth-order valence-electron chi connectivity index (χ4n) is 2.26. The Morgan fingerprint density at radius 1 is 1.37 bits per heavy atom. The van der Waals surface area contributed by atoms with E-state index in [2.05, 4.69) is 17.6 Å². The summed E-state index contributed by atoms with van der Waals surface area (Å²) in [7, 11) is 1.77. The number of rotatable bonds is 7. The van der Waals surface area contributed by atoms with Crippen molar-refractivity contribution in [1.29, 1.82) is 0 Å². The number of nitro benzene ring substituents is 1. The third kappa shape index (κ3) is 3.84. The van der Waals surface area contributed by atoms with E-state index in [1.54, 1.807) is 19.2 Å². The number of nitrogens with one attached hydrogen (secondary N) is 2. The number of nitrogens with zero attached hydrogens (tertiary/aromatic N) is 1. The first kappa shape index (κ1) is 13.6. The van der Waals surface area contributed by atoms with Crippen LogP contribution in [0, 0.1) is 16.0 Å². The van der Waals surface area contributed by atoms with Crippen LogP contribution in [0.5, 0.6) is 0 Å². The van der Waals surface area contributed by atoms with Gasteiger partial charge in [0, 0.05) is 36.6 Å². The molecule has 0 amide bonds. The molecular formula is C14H21N3O2. The maximum Gasteiger partial charge on any atom is 0.273 e. The summed E-state index contributed by atoms with van der Waals surface area (Å²) in [5.41, 5.74) is 1.71. The molecule has 1 fully saturated rings. The molecule has 2 rings (SSSR count). The van der Waals surface area contributed by atoms with Crippen molar-refractivity contribution in [2.45, 2.75) is 38.6 Å². The molecule has 104 valence electrons. The van der Waals surface area contributed by atoms with Crippen LogP contribution in [-0.4, -0.2) is 18.0 Å². The number of nitro groups is 1. The number of hydrogen-bond donors (Lipinski definition) is 2. The fraction of sp³-hybridized carbons (Fsp3) is 0.571. The van der Waals surface area contributed by atoms with Crippen LogP contribution in [0.25, 0.3) is 0 Å². The van der Waals surface area contributed by atoms with E-state index in [0.29, 0.717) is 6.04 Å². The molecule has 1 aromatic rings. The van der Waals surface area contributed by atoms with Crippen molar-refractivity contribution < 1.29 is 4.92 Å². The van der Waals surface area contributed by atoms with Gasteiger partial charge in [-0.25, -0.2) is 0 Å². The molecule has 0 heterocycles. The average Bonchev–Trinajstić information content (AvgIpc) is 3.21. The molecule has 1 aromatic carbocycles. The maximum absolute atomic E-state index is 10.9. The van der Waals surface area contributed by atoms with Gasteiger partial charge in [-0.3, -0.25) is 10.1 Å². The first-order valence-electron chi connectivity index (χ1n) is 6.86. The Balaban J connectivity index is 2.12. The third-order valence-corrected chi connectivity index (χ3v) is 3.60. The standard InChI is InChI=1S/C14H21N3O2/c1-3-11(6-10-4-5-10)16-13-7-12(15-2)8-14(9-13)17(18)19/h7-11,15-16H,3-6H2,1-2H3. The summed E-state index contributed by atoms with van der Waals surface area (Å²) in [5, 5.41) is 17.3. The van der Waals surface area contributed by atoms with Crippen molar-refractivity contribution in [2.24, 2.45) is 5.92 Å². The van der Waals surface area contributed by atoms with Crippen LogP contribution in [-0.2, 0) is 0 Å². The summed E-state index contributed by atoms with van der Waals surface area (Å²) in [4.78, 5) is 10.6. The van der Waals surface area contributed by atoms with E-state index in [-0.39, 0.29) is 10.6 Å². The van der Waals surface area contributed by atoms with E-state index >= 15 is 0 Å². The predicted octanol–water partition coefficient (Wildman–Crippen LogP) is 3.63. The Labute approximate surface area is 113 Å². The van der Waals surface area contributed by atoms with Gasteiger partial charge in [-0.15, -0.1) is 0 Å². The summed E-state index contributed by atoms with van der Waals surface area (Å²) < 4.78 is 0. The van der Waals surface area contributed by atoms with Gasteiger partial charge >= 0.3 is 0 Å². The van der Waals surface area contributed by atoms with Gasteiger partial charge in [-0.1, -0.05) is 19.8 Å². The smallest absolute Gasteiger partial charge is 0.273 e. The van der Waals surface area contributed by atoms with Gasteiger partial charge in [-0.2, -0.15) is 0 Å². The Bertz CT molecular complexity index is 458. The maximum atomic E-state index is 10.9. The van der Waals surface area contributed by atoms with Crippen molar-refractivity contribution in [1.82, 2.24) is 0 Å². The molecule has 5 nitrogen and oxygen atoms in total. The van der Waals surface area contributed by atoms with Gasteiger partial charge in [0.05, 0.1) is 4.92 Å². The Morgan fingerprint density at radius 2 is 2.05 bits per heavy atom. The quantitative estimate of drug-likeness (QED) is 0.582. The van der Waals surface area contributed by atoms with Gasteiger partial charge in [0.2, 0.25) is 0 Å². The Morgan fingerprint density at radius 3 is 2.58 bits per heavy atom. The zero-order valence-electron chi connectivity index (χ0n) is 11.5. The molecule has 5 heteroatoms. The normalized spacial score (nSPS) is 15.9. The number of non-ortho nitro benzene ring substituents is 1. The van der Waals surface area contributed by atoms with Gasteiger partial charge in [0.1, 0.15) is 0 Å². The summed E-state index contributed by atoms with van der Waals surface area (Å²) in [5.74, 6) is 0.847. The highest BCUT2D eigenvalue weighted by molar-refractivity contribution is 5.63. The van der Waals surface area contributed by atoms with Gasteiger partial charge in [0.25, 0.3) is 5.69 Å². The van der Waals surface area contributed by atoms with Gasteiger partial charge in [-0.05, 0) is 24.8 Å². The average molecular weight is 263 g/mol. The van der Waals surface area contributed by atoms with E-state index < -0.39 is 0 Å². The third-order valence-electron chi connectivity index (χ3n) is 3.60. The van der Waals surface area contributed by atoms with E-state index in [9.17, 15) is 10.1 Å². The molecule has 0 spiro atoms. The molecule has 2 N–H and O–H groups in total. The van der Waals surface area contributed by atoms with Crippen molar-refractivity contribution >= 4 is 17.1 Å². The summed E-state index contributed by atoms with van der Waals surface area (Å²) in [6.45, 7) is 2.15. The molecule has 0 saturated heterocycles. The molecule has 0 radical (unpaired) electrons. The topological polar surface area (TPSA) is 67.2 Å². The van der Waals surface area contributed by atoms with Crippen LogP contribution < -0.4 is 10.6 Å². The molecule has 0 aromatic heterocycles. The van der Waals surface area contributed by atoms with E-state index in [1.165, 1.54) is 12.8 Å². The SMILES string of the molecule is CCC(CC1CC1)Nc1cc(NC)cc([N+](=O)[O-])c1. The van der Waals surface area contributed by atoms with Crippen LogP contribution >= 0.6 is 0 Å². The minimum Gasteiger partial charge on any atom is -0.388 e. The Kier molecular flexibility index (Phi) is 4.24. The lowest BCUT2D eigenvalue weighted by molar-refractivity contribution is -0.384. The monoisotopic (exact) mass is 263 g/mol. The predicted molar refractivity (Wildman–Crippen MR) is 77.7 cm³/mol. The Hall–Kier alpha value is -1.78. The molecule has 1 aliphatic rings. The highest BCUT2D eigenvalue weighted by Crippen LogP contribution is 2.35. The molecule has 1 aliphatic carbocycles. The van der Waals surface area contributed by atoms with Gasteiger partial charge in [0.15, 0.2) is 0 Å². The summed E-state index contributed by atoms with van der Waals surface area (Å²) >= 11 is 0. The minimum absolute atomic E-state index is 0.121. The molecule has 0 bridgehead atoms. The van der Waals surface area contributed by atoms with Crippen molar-refractivity contribution in [3.05, 3.63) is 28.3 Å². The van der Waals surface area contributed by atoms with E-state index in [4.69, 9.17) is 0 Å². The fourth-order valence-corrected chi connectivity index (χ4v) is 2.26. The van der Waals surface area contributed by atoms with Crippen molar-refractivity contribution in [2.75, 3.05) is 17.7 Å². The number of anilines is 2. The molecule has 0 aliphatic heterocycles. The van der Waals surface area contributed by atoms with Crippen LogP contribution in [0.15, 0.2) is 18.2 Å². The lowest BCUT2D eigenvalue weighted by Gasteiger charge is -2.18. The largest absolute Gasteiger partial charge is 0.388 e. The van der Waals surface area contributed by atoms with Crippen molar-refractivity contribution in [3.63, 3.8) is 0 Å². The van der Waals surface area contributed by atoms with Crippen LogP contribution in [0.2, 0.25) is 0 Å². The number of hydrogen-bond acceptors (Lipinski definition) is 4. The zero-order chi connectivity index (χ0) is 13.8. The van der Waals surface area contributed by atoms with Crippen molar-refractivity contribution in [3.8, 4) is 0 Å². The van der Waals surface area contributed by atoms with Crippen LogP contribution in [0.4, 0.5) is 17.1 Å². The van der Waals surface area contributed by atoms with Gasteiger partial charge < -0.3 is 10.6 Å². The first-order chi connectivity index (χ1) is 9.12. The minimum atomic E-state index is -0.353. The van der Waals surface area contributed by atoms with Crippen LogP contribution in [0.1, 0.15) is 32.6 Å². The first-order valence-corrected chi connectivity index (χ1v) is 6.86. The highest BCUT2D eigenvalue weighted by Gasteiger charge is 2.24. The molecule has 1 unspecified atom stereocenters. The zero-order valence-corrected chi connectivity index (χ0v) is 11.5. The highest BCUT2D eigenvalue weighted by atomic mass is 16.6. The lowest BCUT2D eigenvalue weighted by atomic mass is 10.1. The van der Waals surface area contributed by atoms with Crippen LogP contribution in [0.3, 0.4) is 0 Å². The summed E-state index contributed by atoms with van der Waals surface area (Å²) in [6.07, 6.45) is 4.85. The number of benzene rings is 1.